The second-order valence-electron chi connectivity index (χ2n) is 4.85. The van der Waals surface area contributed by atoms with Gasteiger partial charge in [0, 0.05) is 22.7 Å². The van der Waals surface area contributed by atoms with Crippen molar-refractivity contribution in [2.24, 2.45) is 0 Å². The third-order valence-electron chi connectivity index (χ3n) is 3.19. The molecule has 0 saturated heterocycles. The Balaban J connectivity index is 2.08. The second kappa shape index (κ2) is 6.16. The van der Waals surface area contributed by atoms with Gasteiger partial charge in [0.2, 0.25) is 0 Å². The first-order valence-corrected chi connectivity index (χ1v) is 7.73. The minimum atomic E-state index is 0.813. The molecule has 0 atom stereocenters. The Hall–Kier alpha value is -2.04. The van der Waals surface area contributed by atoms with Crippen LogP contribution in [-0.4, -0.2) is 17.0 Å². The molecule has 106 valence electrons. The molecule has 0 saturated carbocycles. The maximum atomic E-state index is 4.83. The molecule has 0 aliphatic carbocycles. The van der Waals surface area contributed by atoms with Crippen LogP contribution < -0.4 is 5.32 Å². The largest absolute Gasteiger partial charge is 0.315 e. The fourth-order valence-electron chi connectivity index (χ4n) is 2.23. The standard InChI is InChI=1S/C17H17N3S/c1-12-7-6-10-14(19-12)17-20-16(15(21-17)11-18-2)13-8-4-3-5-9-13/h3-10,18H,11H2,1-2H3. The number of thiazole rings is 1. The third kappa shape index (κ3) is 3.01. The van der Waals surface area contributed by atoms with Crippen molar-refractivity contribution in [3.8, 4) is 22.0 Å². The Morgan fingerprint density at radius 1 is 1.00 bits per heavy atom. The number of hydrogen-bond acceptors (Lipinski definition) is 4. The van der Waals surface area contributed by atoms with Gasteiger partial charge in [-0.25, -0.2) is 4.98 Å². The molecule has 3 rings (SSSR count). The van der Waals surface area contributed by atoms with Crippen LogP contribution in [0.1, 0.15) is 10.6 Å². The molecule has 1 N–H and O–H groups in total. The lowest BCUT2D eigenvalue weighted by molar-refractivity contribution is 0.831. The molecule has 3 aromatic rings. The van der Waals surface area contributed by atoms with Crippen molar-refractivity contribution in [2.75, 3.05) is 7.05 Å². The summed E-state index contributed by atoms with van der Waals surface area (Å²) in [7, 11) is 1.96. The van der Waals surface area contributed by atoms with E-state index in [0.29, 0.717) is 0 Å². The highest BCUT2D eigenvalue weighted by Crippen LogP contribution is 2.33. The maximum Gasteiger partial charge on any atom is 0.142 e. The molecule has 0 aliphatic heterocycles. The first-order valence-electron chi connectivity index (χ1n) is 6.91. The molecule has 0 fully saturated rings. The summed E-state index contributed by atoms with van der Waals surface area (Å²) in [6, 6.07) is 16.4. The molecule has 0 unspecified atom stereocenters. The molecule has 3 nitrogen and oxygen atoms in total. The first-order chi connectivity index (χ1) is 10.3. The van der Waals surface area contributed by atoms with Crippen LogP contribution in [0.3, 0.4) is 0 Å². The molecule has 0 bridgehead atoms. The highest BCUT2D eigenvalue weighted by atomic mass is 32.1. The lowest BCUT2D eigenvalue weighted by Crippen LogP contribution is -2.04. The predicted octanol–water partition coefficient (Wildman–Crippen LogP) is 3.90. The zero-order chi connectivity index (χ0) is 14.7. The minimum absolute atomic E-state index is 0.813. The average Bonchev–Trinajstić information content (AvgIpc) is 2.93. The van der Waals surface area contributed by atoms with E-state index in [1.54, 1.807) is 11.3 Å². The van der Waals surface area contributed by atoms with E-state index >= 15 is 0 Å². The van der Waals surface area contributed by atoms with Crippen LogP contribution in [-0.2, 0) is 6.54 Å². The van der Waals surface area contributed by atoms with Gasteiger partial charge in [0.15, 0.2) is 0 Å². The van der Waals surface area contributed by atoms with Gasteiger partial charge in [-0.2, -0.15) is 0 Å². The van der Waals surface area contributed by atoms with Crippen LogP contribution >= 0.6 is 11.3 Å². The molecule has 21 heavy (non-hydrogen) atoms. The summed E-state index contributed by atoms with van der Waals surface area (Å²) in [4.78, 5) is 10.6. The normalized spacial score (nSPS) is 10.8. The van der Waals surface area contributed by atoms with E-state index in [9.17, 15) is 0 Å². The van der Waals surface area contributed by atoms with Crippen LogP contribution in [0, 0.1) is 6.92 Å². The minimum Gasteiger partial charge on any atom is -0.315 e. The lowest BCUT2D eigenvalue weighted by atomic mass is 10.1. The number of benzene rings is 1. The van der Waals surface area contributed by atoms with Crippen LogP contribution in [0.5, 0.6) is 0 Å². The van der Waals surface area contributed by atoms with E-state index < -0.39 is 0 Å². The fourth-order valence-corrected chi connectivity index (χ4v) is 3.29. The number of rotatable bonds is 4. The number of pyridine rings is 1. The Morgan fingerprint density at radius 2 is 1.81 bits per heavy atom. The smallest absolute Gasteiger partial charge is 0.142 e. The average molecular weight is 295 g/mol. The zero-order valence-electron chi connectivity index (χ0n) is 12.1. The van der Waals surface area contributed by atoms with E-state index in [1.165, 1.54) is 4.88 Å². The molecular weight excluding hydrogens is 278 g/mol. The number of nitrogens with one attached hydrogen (secondary N) is 1. The Bertz CT molecular complexity index is 735. The van der Waals surface area contributed by atoms with Crippen LogP contribution in [0.2, 0.25) is 0 Å². The van der Waals surface area contributed by atoms with Crippen molar-refractivity contribution < 1.29 is 0 Å². The van der Waals surface area contributed by atoms with Gasteiger partial charge in [0.1, 0.15) is 5.01 Å². The van der Waals surface area contributed by atoms with Gasteiger partial charge in [-0.15, -0.1) is 11.3 Å². The van der Waals surface area contributed by atoms with Gasteiger partial charge in [-0.3, -0.25) is 4.98 Å². The summed E-state index contributed by atoms with van der Waals surface area (Å²) in [6.07, 6.45) is 0. The Labute approximate surface area is 128 Å². The molecule has 2 heterocycles. The highest BCUT2D eigenvalue weighted by molar-refractivity contribution is 7.15. The summed E-state index contributed by atoms with van der Waals surface area (Å²) < 4.78 is 0. The summed E-state index contributed by atoms with van der Waals surface area (Å²) in [5, 5.41) is 4.20. The summed E-state index contributed by atoms with van der Waals surface area (Å²) in [5.41, 5.74) is 4.16. The number of aromatic nitrogens is 2. The van der Waals surface area contributed by atoms with Crippen molar-refractivity contribution in [2.45, 2.75) is 13.5 Å². The molecule has 0 amide bonds. The summed E-state index contributed by atoms with van der Waals surface area (Å²) >= 11 is 1.70. The van der Waals surface area contributed by atoms with Crippen molar-refractivity contribution in [1.29, 1.82) is 0 Å². The molecular formula is C17H17N3S. The van der Waals surface area contributed by atoms with E-state index in [4.69, 9.17) is 4.98 Å². The predicted molar refractivity (Wildman–Crippen MR) is 88.3 cm³/mol. The van der Waals surface area contributed by atoms with Crippen LogP contribution in [0.15, 0.2) is 48.5 Å². The van der Waals surface area contributed by atoms with Gasteiger partial charge >= 0.3 is 0 Å². The van der Waals surface area contributed by atoms with E-state index in [1.807, 2.05) is 50.4 Å². The molecule has 2 aromatic heterocycles. The third-order valence-corrected chi connectivity index (χ3v) is 4.27. The highest BCUT2D eigenvalue weighted by Gasteiger charge is 2.14. The molecule has 0 radical (unpaired) electrons. The topological polar surface area (TPSA) is 37.8 Å². The molecule has 1 aromatic carbocycles. The van der Waals surface area contributed by atoms with Crippen LogP contribution in [0.25, 0.3) is 22.0 Å². The van der Waals surface area contributed by atoms with Crippen LogP contribution in [0.4, 0.5) is 0 Å². The van der Waals surface area contributed by atoms with Gasteiger partial charge in [-0.1, -0.05) is 36.4 Å². The number of nitrogens with zero attached hydrogens (tertiary/aromatic N) is 2. The Kier molecular flexibility index (Phi) is 4.08. The zero-order valence-corrected chi connectivity index (χ0v) is 12.9. The molecule has 0 spiro atoms. The van der Waals surface area contributed by atoms with Crippen molar-refractivity contribution in [3.05, 3.63) is 59.1 Å². The first kappa shape index (κ1) is 13.9. The van der Waals surface area contributed by atoms with Gasteiger partial charge < -0.3 is 5.32 Å². The summed E-state index contributed by atoms with van der Waals surface area (Å²) in [5.74, 6) is 0. The number of aryl methyl sites for hydroxylation is 1. The maximum absolute atomic E-state index is 4.83. The Morgan fingerprint density at radius 3 is 2.52 bits per heavy atom. The van der Waals surface area contributed by atoms with Crippen molar-refractivity contribution in [1.82, 2.24) is 15.3 Å². The van der Waals surface area contributed by atoms with E-state index in [-0.39, 0.29) is 0 Å². The quantitative estimate of drug-likeness (QED) is 0.793. The number of hydrogen-bond donors (Lipinski definition) is 1. The second-order valence-corrected chi connectivity index (χ2v) is 5.93. The molecule has 0 aliphatic rings. The van der Waals surface area contributed by atoms with Gasteiger partial charge in [-0.05, 0) is 26.1 Å². The fraction of sp³-hybridized carbons (Fsp3) is 0.176. The van der Waals surface area contributed by atoms with E-state index in [0.717, 1.165) is 34.2 Å². The monoisotopic (exact) mass is 295 g/mol. The molecule has 4 heteroatoms. The SMILES string of the molecule is CNCc1sc(-c2cccc(C)n2)nc1-c1ccccc1. The lowest BCUT2D eigenvalue weighted by Gasteiger charge is -2.00. The van der Waals surface area contributed by atoms with Crippen molar-refractivity contribution in [3.63, 3.8) is 0 Å². The van der Waals surface area contributed by atoms with Crippen molar-refractivity contribution >= 4 is 11.3 Å². The van der Waals surface area contributed by atoms with E-state index in [2.05, 4.69) is 22.4 Å². The van der Waals surface area contributed by atoms with Gasteiger partial charge in [0.05, 0.1) is 11.4 Å². The van der Waals surface area contributed by atoms with Gasteiger partial charge in [0.25, 0.3) is 0 Å². The summed E-state index contributed by atoms with van der Waals surface area (Å²) in [6.45, 7) is 2.82.